The number of halogens is 2. The van der Waals surface area contributed by atoms with Gasteiger partial charge in [0.2, 0.25) is 10.4 Å². The van der Waals surface area contributed by atoms with Gasteiger partial charge in [-0.15, -0.1) is 0 Å². The number of ether oxygens (including phenoxy) is 1. The molecule has 0 aliphatic heterocycles. The Labute approximate surface area is 81.9 Å². The molecule has 4 nitrogen and oxygen atoms in total. The molecule has 0 spiro atoms. The Hall–Kier alpha value is -0.550. The fourth-order valence-electron chi connectivity index (χ4n) is 0.585. The lowest BCUT2D eigenvalue weighted by molar-refractivity contribution is 0.0514. The Morgan fingerprint density at radius 2 is 2.50 bits per heavy atom. The Bertz CT molecular complexity index is 299. The molecule has 1 rings (SSSR count). The molecule has 6 heteroatoms. The molecule has 0 aliphatic rings. The van der Waals surface area contributed by atoms with E-state index in [4.69, 9.17) is 11.6 Å². The van der Waals surface area contributed by atoms with Crippen molar-refractivity contribution < 1.29 is 14.1 Å². The highest BCUT2D eigenvalue weighted by Gasteiger charge is 2.19. The minimum absolute atomic E-state index is 0.00890. The highest BCUT2D eigenvalue weighted by molar-refractivity contribution is 9.10. The van der Waals surface area contributed by atoms with Crippen molar-refractivity contribution in [3.05, 3.63) is 15.4 Å². The molecular formula is C6H5BrClNO3. The van der Waals surface area contributed by atoms with Crippen LogP contribution in [0.25, 0.3) is 0 Å². The zero-order chi connectivity index (χ0) is 9.14. The second-order valence-electron chi connectivity index (χ2n) is 1.84. The molecule has 0 aromatic carbocycles. The first-order chi connectivity index (χ1) is 5.66. The van der Waals surface area contributed by atoms with Gasteiger partial charge in [-0.3, -0.25) is 0 Å². The van der Waals surface area contributed by atoms with Crippen LogP contribution in [-0.2, 0) is 4.74 Å². The maximum absolute atomic E-state index is 11.0. The van der Waals surface area contributed by atoms with Gasteiger partial charge >= 0.3 is 5.97 Å². The van der Waals surface area contributed by atoms with Gasteiger partial charge in [0, 0.05) is 0 Å². The summed E-state index contributed by atoms with van der Waals surface area (Å²) in [6, 6.07) is 0. The predicted molar refractivity (Wildman–Crippen MR) is 45.2 cm³/mol. The Morgan fingerprint density at radius 1 is 1.83 bits per heavy atom. The molecule has 0 bridgehead atoms. The van der Waals surface area contributed by atoms with Gasteiger partial charge in [0.15, 0.2) is 0 Å². The van der Waals surface area contributed by atoms with Crippen LogP contribution >= 0.6 is 27.5 Å². The fourth-order valence-corrected chi connectivity index (χ4v) is 0.992. The van der Waals surface area contributed by atoms with Crippen LogP contribution in [0.15, 0.2) is 9.19 Å². The number of carbonyl (C=O) groups excluding carboxylic acids is 1. The summed E-state index contributed by atoms with van der Waals surface area (Å²) in [6.45, 7) is 1.97. The lowest BCUT2D eigenvalue weighted by Crippen LogP contribution is -2.05. The third-order valence-corrected chi connectivity index (χ3v) is 2.19. The first kappa shape index (κ1) is 9.54. The minimum Gasteiger partial charge on any atom is -0.461 e. The van der Waals surface area contributed by atoms with Crippen LogP contribution in [0.1, 0.15) is 17.4 Å². The molecule has 1 aromatic heterocycles. The molecule has 0 aliphatic carbocycles. The number of nitrogens with zero attached hydrogens (tertiary/aromatic N) is 1. The molecule has 0 N–H and O–H groups in total. The molecule has 66 valence electrons. The van der Waals surface area contributed by atoms with Gasteiger partial charge in [0.05, 0.1) is 6.61 Å². The smallest absolute Gasteiger partial charge is 0.362 e. The minimum atomic E-state index is -0.586. The van der Waals surface area contributed by atoms with Gasteiger partial charge in [-0.25, -0.2) is 4.79 Å². The van der Waals surface area contributed by atoms with Crippen molar-refractivity contribution in [1.29, 1.82) is 0 Å². The van der Waals surface area contributed by atoms with Crippen LogP contribution in [0, 0.1) is 0 Å². The zero-order valence-corrected chi connectivity index (χ0v) is 8.48. The summed E-state index contributed by atoms with van der Waals surface area (Å²) in [5, 5.41) is 3.54. The summed E-state index contributed by atoms with van der Waals surface area (Å²) >= 11 is 8.60. The Morgan fingerprint density at radius 3 is 2.92 bits per heavy atom. The van der Waals surface area contributed by atoms with E-state index in [1.54, 1.807) is 6.92 Å². The second kappa shape index (κ2) is 3.91. The number of aromatic nitrogens is 1. The first-order valence-corrected chi connectivity index (χ1v) is 4.31. The van der Waals surface area contributed by atoms with Crippen molar-refractivity contribution in [3.8, 4) is 0 Å². The van der Waals surface area contributed by atoms with E-state index in [2.05, 4.69) is 30.3 Å². The standard InChI is InChI=1S/C6H5BrClNO3/c1-2-11-6(10)4-3(8)5(7)12-9-4/h2H2,1H3. The molecule has 0 saturated carbocycles. The van der Waals surface area contributed by atoms with E-state index in [0.29, 0.717) is 0 Å². The van der Waals surface area contributed by atoms with E-state index in [1.165, 1.54) is 0 Å². The first-order valence-electron chi connectivity index (χ1n) is 3.14. The summed E-state index contributed by atoms with van der Waals surface area (Å²) in [5.74, 6) is -0.586. The van der Waals surface area contributed by atoms with Crippen molar-refractivity contribution >= 4 is 33.5 Å². The van der Waals surface area contributed by atoms with E-state index in [-0.39, 0.29) is 22.0 Å². The lowest BCUT2D eigenvalue weighted by atomic mass is 10.4. The largest absolute Gasteiger partial charge is 0.461 e. The normalized spacial score (nSPS) is 9.92. The summed E-state index contributed by atoms with van der Waals surface area (Å²) in [4.78, 5) is 11.0. The summed E-state index contributed by atoms with van der Waals surface area (Å²) < 4.78 is 9.48. The van der Waals surface area contributed by atoms with Crippen LogP contribution in [-0.4, -0.2) is 17.7 Å². The SMILES string of the molecule is CCOC(=O)c1noc(Br)c1Cl. The van der Waals surface area contributed by atoms with E-state index in [9.17, 15) is 4.79 Å². The van der Waals surface area contributed by atoms with Crippen LogP contribution < -0.4 is 0 Å². The van der Waals surface area contributed by atoms with Crippen molar-refractivity contribution in [3.63, 3.8) is 0 Å². The Kier molecular flexibility index (Phi) is 3.11. The van der Waals surface area contributed by atoms with Gasteiger partial charge in [0.1, 0.15) is 5.02 Å². The maximum atomic E-state index is 11.0. The van der Waals surface area contributed by atoms with Crippen molar-refractivity contribution in [2.45, 2.75) is 6.92 Å². The van der Waals surface area contributed by atoms with Gasteiger partial charge in [-0.05, 0) is 22.9 Å². The molecule has 0 unspecified atom stereocenters. The second-order valence-corrected chi connectivity index (χ2v) is 2.94. The number of hydrogen-bond donors (Lipinski definition) is 0. The number of esters is 1. The van der Waals surface area contributed by atoms with Crippen LogP contribution in [0.4, 0.5) is 0 Å². The molecule has 0 radical (unpaired) electrons. The molecule has 12 heavy (non-hydrogen) atoms. The predicted octanol–water partition coefficient (Wildman–Crippen LogP) is 2.27. The lowest BCUT2D eigenvalue weighted by Gasteiger charge is -1.95. The molecule has 0 saturated heterocycles. The average molecular weight is 254 g/mol. The summed E-state index contributed by atoms with van der Waals surface area (Å²) in [6.07, 6.45) is 0. The molecule has 0 fully saturated rings. The molecule has 1 aromatic rings. The van der Waals surface area contributed by atoms with Gasteiger partial charge in [0.25, 0.3) is 0 Å². The Balaban J connectivity index is 2.88. The van der Waals surface area contributed by atoms with Crippen molar-refractivity contribution in [1.82, 2.24) is 5.16 Å². The molecule has 1 heterocycles. The third kappa shape index (κ3) is 1.78. The zero-order valence-electron chi connectivity index (χ0n) is 6.13. The van der Waals surface area contributed by atoms with E-state index >= 15 is 0 Å². The summed E-state index contributed by atoms with van der Waals surface area (Å²) in [7, 11) is 0. The van der Waals surface area contributed by atoms with E-state index in [1.807, 2.05) is 0 Å². The molecule has 0 atom stereocenters. The third-order valence-electron chi connectivity index (χ3n) is 1.07. The van der Waals surface area contributed by atoms with E-state index in [0.717, 1.165) is 0 Å². The van der Waals surface area contributed by atoms with Crippen molar-refractivity contribution in [2.24, 2.45) is 0 Å². The van der Waals surface area contributed by atoms with Gasteiger partial charge < -0.3 is 9.26 Å². The van der Waals surface area contributed by atoms with Crippen LogP contribution in [0.2, 0.25) is 5.02 Å². The highest BCUT2D eigenvalue weighted by atomic mass is 79.9. The van der Waals surface area contributed by atoms with Crippen molar-refractivity contribution in [2.75, 3.05) is 6.61 Å². The number of hydrogen-bond acceptors (Lipinski definition) is 4. The summed E-state index contributed by atoms with van der Waals surface area (Å²) in [5.41, 5.74) is -0.00890. The number of carbonyl (C=O) groups is 1. The van der Waals surface area contributed by atoms with Gasteiger partial charge in [-0.2, -0.15) is 0 Å². The topological polar surface area (TPSA) is 52.3 Å². The van der Waals surface area contributed by atoms with Gasteiger partial charge in [-0.1, -0.05) is 16.8 Å². The quantitative estimate of drug-likeness (QED) is 0.760. The fraction of sp³-hybridized carbons (Fsp3) is 0.333. The van der Waals surface area contributed by atoms with Crippen LogP contribution in [0.3, 0.4) is 0 Å². The maximum Gasteiger partial charge on any atom is 0.362 e. The highest BCUT2D eigenvalue weighted by Crippen LogP contribution is 2.25. The monoisotopic (exact) mass is 253 g/mol. The molecular weight excluding hydrogens is 249 g/mol. The van der Waals surface area contributed by atoms with Crippen LogP contribution in [0.5, 0.6) is 0 Å². The number of rotatable bonds is 2. The van der Waals surface area contributed by atoms with E-state index < -0.39 is 5.97 Å². The molecule has 0 amide bonds. The average Bonchev–Trinajstić information content (AvgIpc) is 2.34.